The predicted octanol–water partition coefficient (Wildman–Crippen LogP) is 4.49. The van der Waals surface area contributed by atoms with Crippen LogP contribution in [0.25, 0.3) is 10.9 Å². The second kappa shape index (κ2) is 8.98. The SMILES string of the molecule is CC1CCN(C(O)C(O)c2c(COc3ccc(Cl)cc3)n(C)c3ccccc23)CC1. The summed E-state index contributed by atoms with van der Waals surface area (Å²) in [5.41, 5.74) is 2.58. The van der Waals surface area contributed by atoms with Crippen molar-refractivity contribution in [2.45, 2.75) is 38.7 Å². The van der Waals surface area contributed by atoms with Crippen LogP contribution in [0.3, 0.4) is 0 Å². The van der Waals surface area contributed by atoms with Crippen LogP contribution in [-0.2, 0) is 13.7 Å². The van der Waals surface area contributed by atoms with E-state index in [0.717, 1.165) is 48.1 Å². The molecule has 1 aliphatic rings. The van der Waals surface area contributed by atoms with Crippen LogP contribution < -0.4 is 4.74 Å². The van der Waals surface area contributed by atoms with Gasteiger partial charge < -0.3 is 19.5 Å². The van der Waals surface area contributed by atoms with Gasteiger partial charge in [0, 0.05) is 41.6 Å². The molecule has 2 N–H and O–H groups in total. The standard InChI is InChI=1S/C24H29ClN2O3/c1-16-11-13-27(14-12-16)24(29)23(28)22-19-5-3-4-6-20(19)26(2)21(22)15-30-18-9-7-17(25)8-10-18/h3-10,16,23-24,28-29H,11-15H2,1-2H3. The normalized spacial score (nSPS) is 17.9. The largest absolute Gasteiger partial charge is 0.487 e. The van der Waals surface area contributed by atoms with E-state index in [2.05, 4.69) is 6.92 Å². The number of para-hydroxylation sites is 1. The summed E-state index contributed by atoms with van der Waals surface area (Å²) in [6.07, 6.45) is 0.100. The van der Waals surface area contributed by atoms with Gasteiger partial charge in [-0.2, -0.15) is 0 Å². The number of piperidine rings is 1. The van der Waals surface area contributed by atoms with Crippen LogP contribution in [0.5, 0.6) is 5.75 Å². The van der Waals surface area contributed by atoms with Gasteiger partial charge in [0.25, 0.3) is 0 Å². The number of likely N-dealkylation sites (tertiary alicyclic amines) is 1. The Morgan fingerprint density at radius 1 is 1.07 bits per heavy atom. The van der Waals surface area contributed by atoms with Gasteiger partial charge in [-0.15, -0.1) is 0 Å². The topological polar surface area (TPSA) is 57.9 Å². The fourth-order valence-electron chi connectivity index (χ4n) is 4.30. The molecular formula is C24H29ClN2O3. The zero-order valence-electron chi connectivity index (χ0n) is 17.5. The van der Waals surface area contributed by atoms with Crippen LogP contribution in [0.2, 0.25) is 5.02 Å². The molecule has 2 heterocycles. The highest BCUT2D eigenvalue weighted by Crippen LogP contribution is 2.34. The molecule has 0 bridgehead atoms. The van der Waals surface area contributed by atoms with Crippen LogP contribution in [0.15, 0.2) is 48.5 Å². The smallest absolute Gasteiger partial charge is 0.137 e. The van der Waals surface area contributed by atoms with Gasteiger partial charge >= 0.3 is 0 Å². The molecule has 1 aromatic heterocycles. The van der Waals surface area contributed by atoms with E-state index in [1.807, 2.05) is 52.9 Å². The average Bonchev–Trinajstić information content (AvgIpc) is 3.05. The van der Waals surface area contributed by atoms with Crippen molar-refractivity contribution in [2.75, 3.05) is 13.1 Å². The molecule has 2 atom stereocenters. The summed E-state index contributed by atoms with van der Waals surface area (Å²) >= 11 is 5.97. The first-order valence-corrected chi connectivity index (χ1v) is 10.9. The van der Waals surface area contributed by atoms with Crippen molar-refractivity contribution in [2.24, 2.45) is 13.0 Å². The Hall–Kier alpha value is -2.05. The van der Waals surface area contributed by atoms with Gasteiger partial charge in [0.1, 0.15) is 24.7 Å². The number of aliphatic hydroxyl groups excluding tert-OH is 2. The van der Waals surface area contributed by atoms with E-state index >= 15 is 0 Å². The Bertz CT molecular complexity index is 994. The van der Waals surface area contributed by atoms with Gasteiger partial charge in [-0.25, -0.2) is 0 Å². The average molecular weight is 429 g/mol. The van der Waals surface area contributed by atoms with Gasteiger partial charge in [0.2, 0.25) is 0 Å². The molecule has 4 rings (SSSR count). The second-order valence-corrected chi connectivity index (χ2v) is 8.69. The number of fused-ring (bicyclic) bond motifs is 1. The molecule has 2 unspecified atom stereocenters. The fourth-order valence-corrected chi connectivity index (χ4v) is 4.43. The van der Waals surface area contributed by atoms with Crippen molar-refractivity contribution in [1.82, 2.24) is 9.47 Å². The zero-order chi connectivity index (χ0) is 21.3. The molecule has 5 nitrogen and oxygen atoms in total. The number of nitrogens with zero attached hydrogens (tertiary/aromatic N) is 2. The lowest BCUT2D eigenvalue weighted by Gasteiger charge is -2.36. The Kier molecular flexibility index (Phi) is 6.34. The molecule has 3 aromatic rings. The summed E-state index contributed by atoms with van der Waals surface area (Å²) in [7, 11) is 1.97. The van der Waals surface area contributed by atoms with Crippen molar-refractivity contribution in [3.05, 3.63) is 64.8 Å². The Labute approximate surface area is 182 Å². The molecule has 1 aliphatic heterocycles. The number of hydrogen-bond donors (Lipinski definition) is 2. The fraction of sp³-hybridized carbons (Fsp3) is 0.417. The van der Waals surface area contributed by atoms with E-state index < -0.39 is 12.3 Å². The van der Waals surface area contributed by atoms with Gasteiger partial charge in [-0.1, -0.05) is 36.7 Å². The van der Waals surface area contributed by atoms with E-state index in [-0.39, 0.29) is 6.61 Å². The molecule has 0 aliphatic carbocycles. The van der Waals surface area contributed by atoms with Crippen molar-refractivity contribution in [3.8, 4) is 5.75 Å². The number of ether oxygens (including phenoxy) is 1. The number of halogens is 1. The molecule has 1 saturated heterocycles. The lowest BCUT2D eigenvalue weighted by Crippen LogP contribution is -2.44. The first-order chi connectivity index (χ1) is 14.5. The van der Waals surface area contributed by atoms with Crippen LogP contribution in [-0.4, -0.2) is 39.0 Å². The number of aryl methyl sites for hydroxylation is 1. The highest BCUT2D eigenvalue weighted by molar-refractivity contribution is 6.30. The minimum Gasteiger partial charge on any atom is -0.487 e. The molecule has 0 saturated carbocycles. The summed E-state index contributed by atoms with van der Waals surface area (Å²) in [6.45, 7) is 4.10. The Morgan fingerprint density at radius 2 is 1.73 bits per heavy atom. The van der Waals surface area contributed by atoms with Gasteiger partial charge in [0.05, 0.1) is 5.69 Å². The molecule has 6 heteroatoms. The molecule has 0 radical (unpaired) electrons. The molecule has 160 valence electrons. The number of hydrogen-bond acceptors (Lipinski definition) is 4. The quantitative estimate of drug-likeness (QED) is 0.607. The number of aliphatic hydroxyl groups is 2. The van der Waals surface area contributed by atoms with Gasteiger partial charge in [-0.05, 0) is 49.1 Å². The van der Waals surface area contributed by atoms with E-state index in [9.17, 15) is 10.2 Å². The number of rotatable bonds is 6. The molecular weight excluding hydrogens is 400 g/mol. The third-order valence-electron chi connectivity index (χ3n) is 6.23. The predicted molar refractivity (Wildman–Crippen MR) is 120 cm³/mol. The number of aromatic nitrogens is 1. The number of benzene rings is 2. The van der Waals surface area contributed by atoms with E-state index in [1.54, 1.807) is 12.1 Å². The Balaban J connectivity index is 1.65. The summed E-state index contributed by atoms with van der Waals surface area (Å²) in [5.74, 6) is 1.36. The third kappa shape index (κ3) is 4.21. The van der Waals surface area contributed by atoms with Crippen molar-refractivity contribution in [1.29, 1.82) is 0 Å². The summed E-state index contributed by atoms with van der Waals surface area (Å²) < 4.78 is 8.04. The minimum atomic E-state index is -1.02. The van der Waals surface area contributed by atoms with E-state index in [0.29, 0.717) is 16.7 Å². The zero-order valence-corrected chi connectivity index (χ0v) is 18.2. The first-order valence-electron chi connectivity index (χ1n) is 10.5. The minimum absolute atomic E-state index is 0.281. The van der Waals surface area contributed by atoms with Crippen molar-refractivity contribution in [3.63, 3.8) is 0 Å². The maximum absolute atomic E-state index is 11.3. The molecule has 2 aromatic carbocycles. The summed E-state index contributed by atoms with van der Waals surface area (Å²) in [6, 6.07) is 15.2. The maximum Gasteiger partial charge on any atom is 0.137 e. The summed E-state index contributed by atoms with van der Waals surface area (Å²) in [5, 5.41) is 23.8. The second-order valence-electron chi connectivity index (χ2n) is 8.26. The Morgan fingerprint density at radius 3 is 2.43 bits per heavy atom. The van der Waals surface area contributed by atoms with Crippen LogP contribution in [0.4, 0.5) is 0 Å². The lowest BCUT2D eigenvalue weighted by atomic mass is 9.97. The van der Waals surface area contributed by atoms with E-state index in [1.165, 1.54) is 0 Å². The molecule has 0 amide bonds. The van der Waals surface area contributed by atoms with Crippen molar-refractivity contribution < 1.29 is 14.9 Å². The molecule has 1 fully saturated rings. The van der Waals surface area contributed by atoms with Crippen LogP contribution >= 0.6 is 11.6 Å². The lowest BCUT2D eigenvalue weighted by molar-refractivity contribution is -0.0949. The molecule has 30 heavy (non-hydrogen) atoms. The van der Waals surface area contributed by atoms with Crippen LogP contribution in [0, 0.1) is 5.92 Å². The van der Waals surface area contributed by atoms with E-state index in [4.69, 9.17) is 16.3 Å². The van der Waals surface area contributed by atoms with Crippen molar-refractivity contribution >= 4 is 22.5 Å². The summed E-state index contributed by atoms with van der Waals surface area (Å²) in [4.78, 5) is 1.98. The highest BCUT2D eigenvalue weighted by Gasteiger charge is 2.32. The molecule has 0 spiro atoms. The monoisotopic (exact) mass is 428 g/mol. The third-order valence-corrected chi connectivity index (χ3v) is 6.48. The van der Waals surface area contributed by atoms with Gasteiger partial charge in [0.15, 0.2) is 0 Å². The first kappa shape index (κ1) is 21.2. The highest BCUT2D eigenvalue weighted by atomic mass is 35.5. The maximum atomic E-state index is 11.3. The van der Waals surface area contributed by atoms with Crippen LogP contribution in [0.1, 0.15) is 37.1 Å². The van der Waals surface area contributed by atoms with Gasteiger partial charge in [-0.3, -0.25) is 4.90 Å².